The van der Waals surface area contributed by atoms with E-state index >= 15 is 0 Å². The second-order valence-corrected chi connectivity index (χ2v) is 9.29. The smallest absolute Gasteiger partial charge is 0.327 e. The second kappa shape index (κ2) is 11.0. The molecule has 0 aliphatic carbocycles. The summed E-state index contributed by atoms with van der Waals surface area (Å²) in [5, 5.41) is 8.59. The molecule has 0 fully saturated rings. The molecule has 0 atom stereocenters. The van der Waals surface area contributed by atoms with E-state index in [1.807, 2.05) is 18.2 Å². The molecule has 3 N–H and O–H groups in total. The Morgan fingerprint density at radius 2 is 1.76 bits per heavy atom. The summed E-state index contributed by atoms with van der Waals surface area (Å²) in [7, 11) is 0. The van der Waals surface area contributed by atoms with Crippen molar-refractivity contribution < 1.29 is 23.9 Å². The van der Waals surface area contributed by atoms with Gasteiger partial charge >= 0.3 is 12.0 Å². The first-order chi connectivity index (χ1) is 17.7. The molecule has 0 bridgehead atoms. The summed E-state index contributed by atoms with van der Waals surface area (Å²) in [5.41, 5.74) is 1.01. The SMILES string of the molecule is CC(C)(C)OC(=O)CNC(=O)c1cccc(Nc2ccc3c(n2)N(C(=O)Nc2ccccc2)CCO3)c1. The Morgan fingerprint density at radius 1 is 1.00 bits per heavy atom. The quantitative estimate of drug-likeness (QED) is 0.428. The van der Waals surface area contributed by atoms with Gasteiger partial charge in [0.15, 0.2) is 11.6 Å². The van der Waals surface area contributed by atoms with Gasteiger partial charge in [-0.1, -0.05) is 24.3 Å². The summed E-state index contributed by atoms with van der Waals surface area (Å²) in [4.78, 5) is 43.5. The predicted molar refractivity (Wildman–Crippen MR) is 140 cm³/mol. The number of hydrogen-bond donors (Lipinski definition) is 3. The van der Waals surface area contributed by atoms with E-state index in [-0.39, 0.29) is 12.6 Å². The molecule has 4 rings (SSSR count). The summed E-state index contributed by atoms with van der Waals surface area (Å²) < 4.78 is 10.9. The Labute approximate surface area is 215 Å². The van der Waals surface area contributed by atoms with Crippen molar-refractivity contribution in [3.8, 4) is 5.75 Å². The van der Waals surface area contributed by atoms with Crippen molar-refractivity contribution in [1.29, 1.82) is 0 Å². The van der Waals surface area contributed by atoms with E-state index in [2.05, 4.69) is 20.9 Å². The first-order valence-corrected chi connectivity index (χ1v) is 11.8. The summed E-state index contributed by atoms with van der Waals surface area (Å²) in [6.45, 7) is 5.74. The largest absolute Gasteiger partial charge is 0.488 e. The number of ether oxygens (including phenoxy) is 2. The van der Waals surface area contributed by atoms with Crippen molar-refractivity contribution in [3.05, 3.63) is 72.3 Å². The van der Waals surface area contributed by atoms with Crippen LogP contribution in [0.1, 0.15) is 31.1 Å². The fourth-order valence-corrected chi connectivity index (χ4v) is 3.59. The van der Waals surface area contributed by atoms with Crippen LogP contribution in [0.15, 0.2) is 66.7 Å². The number of esters is 1. The maximum absolute atomic E-state index is 12.9. The molecule has 0 saturated heterocycles. The lowest BCUT2D eigenvalue weighted by atomic mass is 10.2. The van der Waals surface area contributed by atoms with Crippen LogP contribution in [0, 0.1) is 0 Å². The number of pyridine rings is 1. The van der Waals surface area contributed by atoms with Gasteiger partial charge in [0.05, 0.1) is 6.54 Å². The molecular formula is C27H29N5O5. The number of carbonyl (C=O) groups is 3. The zero-order valence-electron chi connectivity index (χ0n) is 20.9. The average molecular weight is 504 g/mol. The third-order valence-corrected chi connectivity index (χ3v) is 5.15. The number of para-hydroxylation sites is 1. The first-order valence-electron chi connectivity index (χ1n) is 11.8. The molecular weight excluding hydrogens is 474 g/mol. The van der Waals surface area contributed by atoms with Gasteiger partial charge in [0.25, 0.3) is 5.91 Å². The minimum absolute atomic E-state index is 0.235. The van der Waals surface area contributed by atoms with Crippen LogP contribution in [0.2, 0.25) is 0 Å². The van der Waals surface area contributed by atoms with Crippen molar-refractivity contribution in [1.82, 2.24) is 10.3 Å². The van der Waals surface area contributed by atoms with Crippen LogP contribution < -0.4 is 25.6 Å². The van der Waals surface area contributed by atoms with E-state index in [1.165, 1.54) is 4.90 Å². The molecule has 192 valence electrons. The number of nitrogens with one attached hydrogen (secondary N) is 3. The normalized spacial score (nSPS) is 12.6. The van der Waals surface area contributed by atoms with Gasteiger partial charge < -0.3 is 25.4 Å². The number of hydrogen-bond acceptors (Lipinski definition) is 7. The van der Waals surface area contributed by atoms with Crippen LogP contribution in [0.3, 0.4) is 0 Å². The summed E-state index contributed by atoms with van der Waals surface area (Å²) in [5.74, 6) is 0.417. The fraction of sp³-hybridized carbons (Fsp3) is 0.259. The minimum Gasteiger partial charge on any atom is -0.488 e. The number of aromatic nitrogens is 1. The van der Waals surface area contributed by atoms with E-state index in [9.17, 15) is 14.4 Å². The van der Waals surface area contributed by atoms with Crippen LogP contribution in [0.25, 0.3) is 0 Å². The molecule has 0 spiro atoms. The zero-order valence-corrected chi connectivity index (χ0v) is 20.9. The molecule has 2 aromatic carbocycles. The Hall–Kier alpha value is -4.60. The molecule has 1 aromatic heterocycles. The predicted octanol–water partition coefficient (Wildman–Crippen LogP) is 4.33. The third-order valence-electron chi connectivity index (χ3n) is 5.15. The van der Waals surface area contributed by atoms with Gasteiger partial charge in [0.1, 0.15) is 24.6 Å². The molecule has 37 heavy (non-hydrogen) atoms. The number of carbonyl (C=O) groups excluding carboxylic acids is 3. The highest BCUT2D eigenvalue weighted by atomic mass is 16.6. The highest BCUT2D eigenvalue weighted by molar-refractivity contribution is 6.02. The van der Waals surface area contributed by atoms with Crippen LogP contribution in [0.5, 0.6) is 5.75 Å². The average Bonchev–Trinajstić information content (AvgIpc) is 2.86. The van der Waals surface area contributed by atoms with E-state index in [0.717, 1.165) is 0 Å². The highest BCUT2D eigenvalue weighted by Crippen LogP contribution is 2.32. The van der Waals surface area contributed by atoms with Crippen LogP contribution in [0.4, 0.5) is 27.8 Å². The lowest BCUT2D eigenvalue weighted by Crippen LogP contribution is -2.41. The molecule has 1 aliphatic rings. The number of fused-ring (bicyclic) bond motifs is 1. The molecule has 0 radical (unpaired) electrons. The maximum atomic E-state index is 12.9. The standard InChI is InChI=1S/C27H29N5O5/c1-27(2,3)37-23(33)17-28-25(34)18-8-7-11-20(16-18)29-22-13-12-21-24(31-22)32(14-15-36-21)26(35)30-19-9-5-4-6-10-19/h4-13,16H,14-15,17H2,1-3H3,(H,28,34)(H,29,31)(H,30,35). The molecule has 3 aromatic rings. The Bertz CT molecular complexity index is 1290. The summed E-state index contributed by atoms with van der Waals surface area (Å²) in [6.07, 6.45) is 0. The van der Waals surface area contributed by atoms with Gasteiger partial charge in [0, 0.05) is 16.9 Å². The van der Waals surface area contributed by atoms with Crippen LogP contribution in [-0.2, 0) is 9.53 Å². The van der Waals surface area contributed by atoms with Crippen LogP contribution in [-0.4, -0.2) is 48.2 Å². The van der Waals surface area contributed by atoms with Crippen molar-refractivity contribution in [2.75, 3.05) is 35.2 Å². The maximum Gasteiger partial charge on any atom is 0.327 e. The summed E-state index contributed by atoms with van der Waals surface area (Å²) in [6, 6.07) is 19.1. The van der Waals surface area contributed by atoms with Crippen molar-refractivity contribution in [2.45, 2.75) is 26.4 Å². The van der Waals surface area contributed by atoms with Crippen molar-refractivity contribution in [2.24, 2.45) is 0 Å². The Morgan fingerprint density at radius 3 is 2.51 bits per heavy atom. The van der Waals surface area contributed by atoms with Gasteiger partial charge in [-0.05, 0) is 63.2 Å². The lowest BCUT2D eigenvalue weighted by Gasteiger charge is -2.28. The van der Waals surface area contributed by atoms with Gasteiger partial charge in [-0.3, -0.25) is 14.5 Å². The molecule has 1 aliphatic heterocycles. The number of urea groups is 1. The van der Waals surface area contributed by atoms with Crippen LogP contribution >= 0.6 is 0 Å². The zero-order chi connectivity index (χ0) is 26.4. The number of rotatable bonds is 6. The fourth-order valence-electron chi connectivity index (χ4n) is 3.59. The number of benzene rings is 2. The minimum atomic E-state index is -0.629. The molecule has 2 heterocycles. The van der Waals surface area contributed by atoms with Gasteiger partial charge in [-0.25, -0.2) is 9.78 Å². The number of nitrogens with zero attached hydrogens (tertiary/aromatic N) is 2. The molecule has 0 saturated carbocycles. The Balaban J connectivity index is 1.44. The molecule has 10 nitrogen and oxygen atoms in total. The second-order valence-electron chi connectivity index (χ2n) is 9.29. The topological polar surface area (TPSA) is 122 Å². The third kappa shape index (κ3) is 6.97. The van der Waals surface area contributed by atoms with Crippen molar-refractivity contribution >= 4 is 40.9 Å². The highest BCUT2D eigenvalue weighted by Gasteiger charge is 2.26. The first kappa shape index (κ1) is 25.5. The Kier molecular flexibility index (Phi) is 7.57. The van der Waals surface area contributed by atoms with E-state index in [4.69, 9.17) is 9.47 Å². The molecule has 0 unspecified atom stereocenters. The molecule has 3 amide bonds. The van der Waals surface area contributed by atoms with Gasteiger partial charge in [-0.15, -0.1) is 0 Å². The van der Waals surface area contributed by atoms with Gasteiger partial charge in [-0.2, -0.15) is 0 Å². The number of anilines is 4. The van der Waals surface area contributed by atoms with E-state index in [0.29, 0.717) is 47.5 Å². The van der Waals surface area contributed by atoms with Gasteiger partial charge in [0.2, 0.25) is 0 Å². The summed E-state index contributed by atoms with van der Waals surface area (Å²) >= 11 is 0. The van der Waals surface area contributed by atoms with E-state index < -0.39 is 17.5 Å². The lowest BCUT2D eigenvalue weighted by molar-refractivity contribution is -0.153. The van der Waals surface area contributed by atoms with Crippen molar-refractivity contribution in [3.63, 3.8) is 0 Å². The molecule has 10 heteroatoms. The monoisotopic (exact) mass is 503 g/mol. The van der Waals surface area contributed by atoms with E-state index in [1.54, 1.807) is 69.3 Å². The number of amides is 3.